The van der Waals surface area contributed by atoms with Crippen LogP contribution in [-0.2, 0) is 30.4 Å². The summed E-state index contributed by atoms with van der Waals surface area (Å²) in [6, 6.07) is 0.495. The van der Waals surface area contributed by atoms with E-state index in [1.54, 1.807) is 6.92 Å². The van der Waals surface area contributed by atoms with Crippen molar-refractivity contribution < 1.29 is 28.6 Å². The second kappa shape index (κ2) is 7.60. The van der Waals surface area contributed by atoms with Crippen molar-refractivity contribution in [2.75, 3.05) is 21.3 Å². The van der Waals surface area contributed by atoms with Crippen molar-refractivity contribution in [1.29, 1.82) is 0 Å². The van der Waals surface area contributed by atoms with Crippen molar-refractivity contribution >= 4 is 17.7 Å². The molecule has 136 valence electrons. The Bertz CT molecular complexity index is 765. The quantitative estimate of drug-likeness (QED) is 0.704. The van der Waals surface area contributed by atoms with Crippen molar-refractivity contribution in [1.82, 2.24) is 4.57 Å². The average molecular weight is 351 g/mol. The lowest BCUT2D eigenvalue weighted by Gasteiger charge is -2.19. The van der Waals surface area contributed by atoms with E-state index in [1.807, 2.05) is 0 Å². The zero-order chi connectivity index (χ0) is 18.7. The molecule has 2 rings (SSSR count). The Morgan fingerprint density at radius 2 is 1.92 bits per heavy atom. The number of carbonyl (C=O) groups is 3. The molecule has 0 N–H and O–H groups in total. The highest BCUT2D eigenvalue weighted by Gasteiger charge is 2.38. The van der Waals surface area contributed by atoms with Gasteiger partial charge in [0.1, 0.15) is 6.04 Å². The molecule has 1 aliphatic heterocycles. The van der Waals surface area contributed by atoms with Crippen LogP contribution >= 0.6 is 0 Å². The van der Waals surface area contributed by atoms with Crippen LogP contribution in [0.3, 0.4) is 0 Å². The second-order valence-corrected chi connectivity index (χ2v) is 5.72. The van der Waals surface area contributed by atoms with Crippen molar-refractivity contribution in [3.05, 3.63) is 33.2 Å². The molecule has 2 atom stereocenters. The molecule has 0 saturated heterocycles. The third-order valence-electron chi connectivity index (χ3n) is 4.38. The third kappa shape index (κ3) is 3.21. The van der Waals surface area contributed by atoms with Crippen molar-refractivity contribution in [3.63, 3.8) is 0 Å². The van der Waals surface area contributed by atoms with Gasteiger partial charge in [0, 0.05) is 19.1 Å². The molecule has 0 aromatic carbocycles. The van der Waals surface area contributed by atoms with Gasteiger partial charge in [0.2, 0.25) is 0 Å². The number of Topliss-reactive ketones (excluding diaryl/α,β-unsaturated/α-hetero) is 1. The van der Waals surface area contributed by atoms with E-state index in [4.69, 9.17) is 14.2 Å². The minimum atomic E-state index is -0.997. The largest absolute Gasteiger partial charge is 0.469 e. The molecule has 1 aromatic rings. The lowest BCUT2D eigenvalue weighted by Crippen LogP contribution is -2.33. The first-order chi connectivity index (χ1) is 11.9. The third-order valence-corrected chi connectivity index (χ3v) is 4.38. The van der Waals surface area contributed by atoms with E-state index >= 15 is 0 Å². The molecule has 0 amide bonds. The Kier molecular flexibility index (Phi) is 5.73. The molecule has 0 radical (unpaired) electrons. The Morgan fingerprint density at radius 1 is 1.24 bits per heavy atom. The van der Waals surface area contributed by atoms with Gasteiger partial charge in [0.05, 0.1) is 32.4 Å². The van der Waals surface area contributed by atoms with Crippen LogP contribution in [0.25, 0.3) is 0 Å². The Morgan fingerprint density at radius 3 is 2.44 bits per heavy atom. The smallest absolute Gasteiger partial charge is 0.329 e. The summed E-state index contributed by atoms with van der Waals surface area (Å²) in [4.78, 5) is 49.3. The fourth-order valence-corrected chi connectivity index (χ4v) is 3.16. The Balaban J connectivity index is 2.73. The van der Waals surface area contributed by atoms with Gasteiger partial charge in [-0.1, -0.05) is 6.92 Å². The van der Waals surface area contributed by atoms with Crippen LogP contribution in [0.4, 0.5) is 0 Å². The minimum Gasteiger partial charge on any atom is -0.469 e. The van der Waals surface area contributed by atoms with Crippen LogP contribution in [0.1, 0.15) is 53.3 Å². The van der Waals surface area contributed by atoms with Gasteiger partial charge in [-0.3, -0.25) is 19.0 Å². The maximum absolute atomic E-state index is 13.0. The summed E-state index contributed by atoms with van der Waals surface area (Å²) in [5.74, 6) is -2.21. The topological polar surface area (TPSA) is 101 Å². The van der Waals surface area contributed by atoms with Crippen LogP contribution in [0.5, 0.6) is 0 Å². The molecule has 0 bridgehead atoms. The number of hydrogen-bond acceptors (Lipinski definition) is 7. The van der Waals surface area contributed by atoms with Crippen molar-refractivity contribution in [2.45, 2.75) is 38.3 Å². The number of pyridine rings is 1. The van der Waals surface area contributed by atoms with Crippen LogP contribution in [-0.4, -0.2) is 43.6 Å². The molecule has 0 fully saturated rings. The summed E-state index contributed by atoms with van der Waals surface area (Å²) in [6.45, 7) is 1.73. The monoisotopic (exact) mass is 351 g/mol. The Hall–Kier alpha value is -2.48. The van der Waals surface area contributed by atoms with E-state index in [2.05, 4.69) is 0 Å². The fourth-order valence-electron chi connectivity index (χ4n) is 3.16. The predicted octanol–water partition coefficient (Wildman–Crippen LogP) is 0.962. The SMILES string of the molecule is CCC(C(=O)OC)c1cc2n(c(=O)c1COC)C(C(=O)OC)CC2=O. The molecule has 2 unspecified atom stereocenters. The first kappa shape index (κ1) is 18.9. The normalized spacial score (nSPS) is 17.1. The van der Waals surface area contributed by atoms with E-state index in [-0.39, 0.29) is 30.1 Å². The van der Waals surface area contributed by atoms with E-state index in [0.29, 0.717) is 12.0 Å². The van der Waals surface area contributed by atoms with Gasteiger partial charge < -0.3 is 14.2 Å². The molecular formula is C17H21NO7. The second-order valence-electron chi connectivity index (χ2n) is 5.72. The number of nitrogens with zero attached hydrogens (tertiary/aromatic N) is 1. The molecular weight excluding hydrogens is 330 g/mol. The van der Waals surface area contributed by atoms with Crippen molar-refractivity contribution in [2.24, 2.45) is 0 Å². The number of rotatable bonds is 6. The molecule has 0 saturated carbocycles. The summed E-state index contributed by atoms with van der Waals surface area (Å²) in [7, 11) is 3.88. The van der Waals surface area contributed by atoms with E-state index < -0.39 is 29.5 Å². The lowest BCUT2D eigenvalue weighted by atomic mass is 9.92. The number of aromatic nitrogens is 1. The van der Waals surface area contributed by atoms with Gasteiger partial charge in [0.15, 0.2) is 5.78 Å². The van der Waals surface area contributed by atoms with E-state index in [1.165, 1.54) is 27.4 Å². The van der Waals surface area contributed by atoms with Crippen LogP contribution in [0, 0.1) is 0 Å². The van der Waals surface area contributed by atoms with Gasteiger partial charge in [0.25, 0.3) is 5.56 Å². The molecule has 25 heavy (non-hydrogen) atoms. The van der Waals surface area contributed by atoms with Gasteiger partial charge in [-0.15, -0.1) is 0 Å². The molecule has 8 nitrogen and oxygen atoms in total. The summed E-state index contributed by atoms with van der Waals surface area (Å²) in [5, 5.41) is 0. The van der Waals surface area contributed by atoms with Crippen LogP contribution < -0.4 is 5.56 Å². The molecule has 1 aliphatic rings. The minimum absolute atomic E-state index is 0.0516. The van der Waals surface area contributed by atoms with Gasteiger partial charge in [-0.2, -0.15) is 0 Å². The maximum Gasteiger partial charge on any atom is 0.329 e. The summed E-state index contributed by atoms with van der Waals surface area (Å²) in [5.41, 5.74) is 0.189. The Labute approximate surface area is 144 Å². The van der Waals surface area contributed by atoms with Crippen molar-refractivity contribution in [3.8, 4) is 0 Å². The highest BCUT2D eigenvalue weighted by Crippen LogP contribution is 2.31. The predicted molar refractivity (Wildman–Crippen MR) is 86.5 cm³/mol. The summed E-state index contributed by atoms with van der Waals surface area (Å²) in [6.07, 6.45) is 0.244. The molecule has 8 heteroatoms. The first-order valence-electron chi connectivity index (χ1n) is 7.87. The highest BCUT2D eigenvalue weighted by atomic mass is 16.5. The lowest BCUT2D eigenvalue weighted by molar-refractivity contribution is -0.144. The fraction of sp³-hybridized carbons (Fsp3) is 0.529. The zero-order valence-electron chi connectivity index (χ0n) is 14.7. The van der Waals surface area contributed by atoms with Gasteiger partial charge >= 0.3 is 11.9 Å². The average Bonchev–Trinajstić information content (AvgIpc) is 2.94. The van der Waals surface area contributed by atoms with Crippen LogP contribution in [0.2, 0.25) is 0 Å². The maximum atomic E-state index is 13.0. The number of fused-ring (bicyclic) bond motifs is 1. The zero-order valence-corrected chi connectivity index (χ0v) is 14.7. The molecule has 0 aliphatic carbocycles. The van der Waals surface area contributed by atoms with Crippen LogP contribution in [0.15, 0.2) is 10.9 Å². The summed E-state index contributed by atoms with van der Waals surface area (Å²) >= 11 is 0. The highest BCUT2D eigenvalue weighted by molar-refractivity contribution is 6.01. The van der Waals surface area contributed by atoms with E-state index in [9.17, 15) is 19.2 Å². The number of esters is 2. The number of carbonyl (C=O) groups excluding carboxylic acids is 3. The number of hydrogen-bond donors (Lipinski definition) is 0. The first-order valence-corrected chi connectivity index (χ1v) is 7.87. The molecule has 0 spiro atoms. The number of methoxy groups -OCH3 is 3. The number of ether oxygens (including phenoxy) is 3. The van der Waals surface area contributed by atoms with Gasteiger partial charge in [-0.05, 0) is 18.1 Å². The van der Waals surface area contributed by atoms with Gasteiger partial charge in [-0.25, -0.2) is 4.79 Å². The molecule has 2 heterocycles. The number of ketones is 1. The summed E-state index contributed by atoms with van der Waals surface area (Å²) < 4.78 is 15.7. The van der Waals surface area contributed by atoms with E-state index in [0.717, 1.165) is 4.57 Å². The molecule has 1 aromatic heterocycles. The standard InChI is InChI=1S/C17H21NO7/c1-5-9(16(21)24-3)10-6-12-14(19)7-13(17(22)25-4)18(12)15(20)11(10)8-23-2/h6,9,13H,5,7-8H2,1-4H3.